The fourth-order valence-electron chi connectivity index (χ4n) is 3.91. The molecule has 0 aliphatic heterocycles. The molecule has 9 heteroatoms. The fourth-order valence-corrected chi connectivity index (χ4v) is 4.98. The molecule has 164 valence electrons. The number of carbonyl (C=O) groups excluding carboxylic acids is 1. The Bertz CT molecular complexity index is 1100. The number of halogens is 1. The van der Waals surface area contributed by atoms with Gasteiger partial charge in [0, 0.05) is 13.2 Å². The van der Waals surface area contributed by atoms with E-state index in [2.05, 4.69) is 15.3 Å². The maximum atomic E-state index is 14.1. The van der Waals surface area contributed by atoms with E-state index in [9.17, 15) is 9.18 Å². The van der Waals surface area contributed by atoms with Gasteiger partial charge in [-0.05, 0) is 43.9 Å². The minimum atomic E-state index is -0.417. The summed E-state index contributed by atoms with van der Waals surface area (Å²) in [5.41, 5.74) is 1.30. The topological polar surface area (TPSA) is 82.6 Å². The van der Waals surface area contributed by atoms with Gasteiger partial charge in [0.25, 0.3) is 0 Å². The largest absolute Gasteiger partial charge is 0.485 e. The summed E-state index contributed by atoms with van der Waals surface area (Å²) in [7, 11) is 3.02. The lowest BCUT2D eigenvalue weighted by Gasteiger charge is -2.31. The zero-order chi connectivity index (χ0) is 22.0. The number of methoxy groups -OCH3 is 2. The molecule has 0 bridgehead atoms. The Labute approximate surface area is 183 Å². The Balaban J connectivity index is 1.69. The van der Waals surface area contributed by atoms with Crippen molar-refractivity contribution in [3.8, 4) is 5.75 Å². The number of aromatic nitrogens is 2. The van der Waals surface area contributed by atoms with E-state index in [0.29, 0.717) is 27.0 Å². The van der Waals surface area contributed by atoms with Crippen molar-refractivity contribution >= 4 is 39.0 Å². The van der Waals surface area contributed by atoms with Gasteiger partial charge < -0.3 is 19.5 Å². The lowest BCUT2D eigenvalue weighted by molar-refractivity contribution is -0.0227. The summed E-state index contributed by atoms with van der Waals surface area (Å²) in [5.74, 6) is 0.0945. The summed E-state index contributed by atoms with van der Waals surface area (Å²) in [5, 5.41) is 3.97. The summed E-state index contributed by atoms with van der Waals surface area (Å²) in [6, 6.07) is 4.34. The number of benzene rings is 1. The van der Waals surface area contributed by atoms with Crippen LogP contribution >= 0.6 is 11.3 Å². The Kier molecular flexibility index (Phi) is 6.33. The number of hydrogen-bond acceptors (Lipinski definition) is 8. The van der Waals surface area contributed by atoms with Gasteiger partial charge in [-0.2, -0.15) is 0 Å². The second-order valence-corrected chi connectivity index (χ2v) is 8.43. The number of anilines is 2. The summed E-state index contributed by atoms with van der Waals surface area (Å²) >= 11 is 1.25. The molecule has 2 heterocycles. The number of nitrogens with one attached hydrogen (secondary N) is 1. The number of carbonyl (C=O) groups is 1. The van der Waals surface area contributed by atoms with E-state index in [-0.39, 0.29) is 12.2 Å². The third-order valence-corrected chi connectivity index (χ3v) is 6.70. The van der Waals surface area contributed by atoms with Gasteiger partial charge in [0.1, 0.15) is 39.5 Å². The van der Waals surface area contributed by atoms with Crippen LogP contribution in [-0.4, -0.2) is 42.4 Å². The first-order valence-corrected chi connectivity index (χ1v) is 10.9. The first-order valence-electron chi connectivity index (χ1n) is 10.1. The smallest absolute Gasteiger partial charge is 0.348 e. The average Bonchev–Trinajstić information content (AvgIpc) is 3.13. The van der Waals surface area contributed by atoms with Gasteiger partial charge in [0.05, 0.1) is 24.3 Å². The molecule has 0 amide bonds. The van der Waals surface area contributed by atoms with E-state index < -0.39 is 11.8 Å². The molecule has 2 aromatic heterocycles. The third kappa shape index (κ3) is 4.33. The number of esters is 1. The van der Waals surface area contributed by atoms with Gasteiger partial charge in [-0.15, -0.1) is 11.3 Å². The van der Waals surface area contributed by atoms with E-state index in [1.807, 2.05) is 6.92 Å². The summed E-state index contributed by atoms with van der Waals surface area (Å²) < 4.78 is 30.7. The molecule has 3 aromatic rings. The number of hydrogen-bond donors (Lipinski definition) is 1. The van der Waals surface area contributed by atoms with Gasteiger partial charge in [-0.1, -0.05) is 6.42 Å². The normalized spacial score (nSPS) is 18.7. The molecule has 1 saturated carbocycles. The van der Waals surface area contributed by atoms with Crippen LogP contribution in [0.5, 0.6) is 5.75 Å². The predicted molar refractivity (Wildman–Crippen MR) is 117 cm³/mol. The molecular weight excluding hydrogens is 421 g/mol. The fraction of sp³-hybridized carbons (Fsp3) is 0.409. The van der Waals surface area contributed by atoms with Gasteiger partial charge in [0.2, 0.25) is 0 Å². The molecule has 4 rings (SSSR count). The van der Waals surface area contributed by atoms with Crippen LogP contribution < -0.4 is 10.1 Å². The Morgan fingerprint density at radius 3 is 2.71 bits per heavy atom. The Hall–Kier alpha value is -2.78. The molecule has 1 N–H and O–H groups in total. The number of fused-ring (bicyclic) bond motifs is 1. The molecule has 31 heavy (non-hydrogen) atoms. The van der Waals surface area contributed by atoms with Crippen LogP contribution in [-0.2, 0) is 9.47 Å². The summed E-state index contributed by atoms with van der Waals surface area (Å²) in [6.07, 6.45) is 5.13. The van der Waals surface area contributed by atoms with Crippen molar-refractivity contribution in [2.75, 3.05) is 19.5 Å². The average molecular weight is 446 g/mol. The van der Waals surface area contributed by atoms with Crippen LogP contribution in [0.25, 0.3) is 10.2 Å². The van der Waals surface area contributed by atoms with E-state index in [1.54, 1.807) is 13.2 Å². The highest BCUT2D eigenvalue weighted by molar-refractivity contribution is 7.20. The number of aryl methyl sites for hydroxylation is 1. The monoisotopic (exact) mass is 445 g/mol. The second kappa shape index (κ2) is 9.15. The zero-order valence-electron chi connectivity index (χ0n) is 17.6. The lowest BCUT2D eigenvalue weighted by atomic mass is 9.94. The van der Waals surface area contributed by atoms with Gasteiger partial charge in [-0.25, -0.2) is 19.2 Å². The van der Waals surface area contributed by atoms with Crippen molar-refractivity contribution in [1.29, 1.82) is 0 Å². The van der Waals surface area contributed by atoms with Gasteiger partial charge in [-0.3, -0.25) is 0 Å². The van der Waals surface area contributed by atoms with Crippen LogP contribution in [0.4, 0.5) is 15.9 Å². The standard InChI is InChI=1S/C22H24FN3O4S/c1-12-18-20(24-11-25-21(18)31-19(12)22(27)29-3)26-14-9-8-13(23)10-17(14)30-16-7-5-4-6-15(16)28-2/h8-11,15-16H,4-7H2,1-3H3,(H,24,25,26)/t15-,16?/m0/s1. The highest BCUT2D eigenvalue weighted by atomic mass is 32.1. The van der Waals surface area contributed by atoms with E-state index in [0.717, 1.165) is 36.6 Å². The molecule has 1 aliphatic rings. The predicted octanol–water partition coefficient (Wildman–Crippen LogP) is 5.01. The number of rotatable bonds is 6. The number of nitrogens with zero attached hydrogens (tertiary/aromatic N) is 2. The molecule has 7 nitrogen and oxygen atoms in total. The zero-order valence-corrected chi connectivity index (χ0v) is 18.4. The SMILES string of the molecule is COC(=O)c1sc2ncnc(Nc3ccc(F)cc3OC3CCCC[C@@H]3OC)c2c1C. The van der Waals surface area contributed by atoms with Crippen LogP contribution in [0.3, 0.4) is 0 Å². The van der Waals surface area contributed by atoms with Crippen LogP contribution in [0.15, 0.2) is 24.5 Å². The van der Waals surface area contributed by atoms with Crippen molar-refractivity contribution in [3.05, 3.63) is 40.8 Å². The first-order chi connectivity index (χ1) is 15.0. The Morgan fingerprint density at radius 1 is 1.19 bits per heavy atom. The minimum absolute atomic E-state index is 0.0302. The maximum Gasteiger partial charge on any atom is 0.348 e. The van der Waals surface area contributed by atoms with Crippen LogP contribution in [0, 0.1) is 12.7 Å². The summed E-state index contributed by atoms with van der Waals surface area (Å²) in [6.45, 7) is 1.83. The molecular formula is C22H24FN3O4S. The van der Waals surface area contributed by atoms with Crippen molar-refractivity contribution in [1.82, 2.24) is 9.97 Å². The molecule has 0 saturated heterocycles. The van der Waals surface area contributed by atoms with Crippen LogP contribution in [0.2, 0.25) is 0 Å². The molecule has 1 aromatic carbocycles. The van der Waals surface area contributed by atoms with E-state index in [1.165, 1.54) is 36.9 Å². The Morgan fingerprint density at radius 2 is 1.97 bits per heavy atom. The molecule has 0 radical (unpaired) electrons. The van der Waals surface area contributed by atoms with Crippen molar-refractivity contribution in [2.24, 2.45) is 0 Å². The van der Waals surface area contributed by atoms with Crippen molar-refractivity contribution < 1.29 is 23.4 Å². The molecule has 1 fully saturated rings. The molecule has 1 aliphatic carbocycles. The third-order valence-electron chi connectivity index (χ3n) is 5.52. The number of ether oxygens (including phenoxy) is 3. The first kappa shape index (κ1) is 21.5. The highest BCUT2D eigenvalue weighted by Crippen LogP contribution is 2.37. The molecule has 1 unspecified atom stereocenters. The van der Waals surface area contributed by atoms with E-state index in [4.69, 9.17) is 14.2 Å². The van der Waals surface area contributed by atoms with E-state index >= 15 is 0 Å². The van der Waals surface area contributed by atoms with Crippen molar-refractivity contribution in [2.45, 2.75) is 44.8 Å². The molecule has 0 spiro atoms. The molecule has 2 atom stereocenters. The van der Waals surface area contributed by atoms with Crippen molar-refractivity contribution in [3.63, 3.8) is 0 Å². The summed E-state index contributed by atoms with van der Waals surface area (Å²) in [4.78, 5) is 21.9. The second-order valence-electron chi connectivity index (χ2n) is 7.43. The van der Waals surface area contributed by atoms with Crippen LogP contribution in [0.1, 0.15) is 40.9 Å². The van der Waals surface area contributed by atoms with Gasteiger partial charge >= 0.3 is 5.97 Å². The quantitative estimate of drug-likeness (QED) is 0.534. The minimum Gasteiger partial charge on any atom is -0.485 e. The maximum absolute atomic E-state index is 14.1. The van der Waals surface area contributed by atoms with Gasteiger partial charge in [0.15, 0.2) is 0 Å². The lowest BCUT2D eigenvalue weighted by Crippen LogP contribution is -2.36. The highest BCUT2D eigenvalue weighted by Gasteiger charge is 2.28. The number of thiophene rings is 1.